The standard InChI is InChI=1S/C14H18FN3OS/c1-4-7-14(3,16)12(19)18-13-17-11-8(2)9(15)5-6-10(11)20-13/h5-6H,4,7,16H2,1-3H3,(H,17,18,19). The first-order chi connectivity index (χ1) is 9.35. The summed E-state index contributed by atoms with van der Waals surface area (Å²) in [5.74, 6) is -0.563. The normalized spacial score (nSPS) is 14.2. The van der Waals surface area contributed by atoms with Gasteiger partial charge in [-0.25, -0.2) is 9.37 Å². The molecular weight excluding hydrogens is 277 g/mol. The molecule has 1 amide bonds. The van der Waals surface area contributed by atoms with E-state index in [-0.39, 0.29) is 11.7 Å². The summed E-state index contributed by atoms with van der Waals surface area (Å²) in [7, 11) is 0. The van der Waals surface area contributed by atoms with E-state index in [1.807, 2.05) is 6.92 Å². The Balaban J connectivity index is 2.27. The monoisotopic (exact) mass is 295 g/mol. The molecule has 2 aromatic rings. The Kier molecular flexibility index (Phi) is 4.06. The molecule has 1 unspecified atom stereocenters. The van der Waals surface area contributed by atoms with Gasteiger partial charge >= 0.3 is 0 Å². The van der Waals surface area contributed by atoms with Gasteiger partial charge in [-0.15, -0.1) is 0 Å². The van der Waals surface area contributed by atoms with Gasteiger partial charge < -0.3 is 11.1 Å². The molecule has 108 valence electrons. The van der Waals surface area contributed by atoms with Crippen molar-refractivity contribution < 1.29 is 9.18 Å². The summed E-state index contributed by atoms with van der Waals surface area (Å²) in [5.41, 5.74) is 6.12. The molecular formula is C14H18FN3OS. The number of halogens is 1. The van der Waals surface area contributed by atoms with Crippen LogP contribution >= 0.6 is 11.3 Å². The van der Waals surface area contributed by atoms with Crippen LogP contribution in [0.15, 0.2) is 12.1 Å². The van der Waals surface area contributed by atoms with Crippen LogP contribution in [-0.4, -0.2) is 16.4 Å². The van der Waals surface area contributed by atoms with Gasteiger partial charge in [-0.3, -0.25) is 4.79 Å². The number of hydrogen-bond acceptors (Lipinski definition) is 4. The number of hydrogen-bond donors (Lipinski definition) is 2. The van der Waals surface area contributed by atoms with Crippen LogP contribution in [0.5, 0.6) is 0 Å². The van der Waals surface area contributed by atoms with Crippen LogP contribution in [-0.2, 0) is 4.79 Å². The van der Waals surface area contributed by atoms with Crippen LogP contribution in [0, 0.1) is 12.7 Å². The topological polar surface area (TPSA) is 68.0 Å². The van der Waals surface area contributed by atoms with E-state index in [1.54, 1.807) is 19.9 Å². The molecule has 4 nitrogen and oxygen atoms in total. The molecule has 3 N–H and O–H groups in total. The van der Waals surface area contributed by atoms with Crippen LogP contribution in [0.3, 0.4) is 0 Å². The lowest BCUT2D eigenvalue weighted by Gasteiger charge is -2.21. The van der Waals surface area contributed by atoms with Crippen LogP contribution in [0.1, 0.15) is 32.3 Å². The predicted octanol–water partition coefficient (Wildman–Crippen LogP) is 3.20. The first-order valence-electron chi connectivity index (χ1n) is 6.51. The molecule has 1 aromatic carbocycles. The van der Waals surface area contributed by atoms with E-state index in [2.05, 4.69) is 10.3 Å². The Labute approximate surface area is 121 Å². The third-order valence-corrected chi connectivity index (χ3v) is 4.19. The second kappa shape index (κ2) is 5.46. The molecule has 0 fully saturated rings. The summed E-state index contributed by atoms with van der Waals surface area (Å²) < 4.78 is 14.3. The van der Waals surface area contributed by atoms with Crippen LogP contribution < -0.4 is 11.1 Å². The number of carbonyl (C=O) groups excluding carboxylic acids is 1. The lowest BCUT2D eigenvalue weighted by Crippen LogP contribution is -2.48. The number of aromatic nitrogens is 1. The van der Waals surface area contributed by atoms with Gasteiger partial charge in [0.25, 0.3) is 0 Å². The van der Waals surface area contributed by atoms with E-state index >= 15 is 0 Å². The smallest absolute Gasteiger partial charge is 0.245 e. The minimum absolute atomic E-state index is 0.267. The maximum absolute atomic E-state index is 13.5. The van der Waals surface area contributed by atoms with Crippen molar-refractivity contribution in [2.24, 2.45) is 5.73 Å². The summed E-state index contributed by atoms with van der Waals surface area (Å²) >= 11 is 1.32. The molecule has 0 saturated carbocycles. The van der Waals surface area contributed by atoms with Gasteiger partial charge in [-0.2, -0.15) is 0 Å². The Hall–Kier alpha value is -1.53. The lowest BCUT2D eigenvalue weighted by atomic mass is 9.97. The minimum atomic E-state index is -0.924. The molecule has 0 aliphatic rings. The molecule has 1 aromatic heterocycles. The second-order valence-electron chi connectivity index (χ2n) is 5.16. The summed E-state index contributed by atoms with van der Waals surface area (Å²) in [6.07, 6.45) is 1.42. The zero-order valence-corrected chi connectivity index (χ0v) is 12.6. The van der Waals surface area contributed by atoms with E-state index in [0.717, 1.165) is 11.1 Å². The van der Waals surface area contributed by atoms with Gasteiger partial charge in [-0.1, -0.05) is 24.7 Å². The highest BCUT2D eigenvalue weighted by molar-refractivity contribution is 7.22. The van der Waals surface area contributed by atoms with Crippen LogP contribution in [0.25, 0.3) is 10.2 Å². The maximum Gasteiger partial charge on any atom is 0.245 e. The van der Waals surface area contributed by atoms with E-state index in [0.29, 0.717) is 22.6 Å². The van der Waals surface area contributed by atoms with E-state index in [1.165, 1.54) is 17.4 Å². The van der Waals surface area contributed by atoms with Gasteiger partial charge in [0.05, 0.1) is 15.8 Å². The van der Waals surface area contributed by atoms with Crippen molar-refractivity contribution in [3.05, 3.63) is 23.5 Å². The number of amides is 1. The summed E-state index contributed by atoms with van der Waals surface area (Å²) in [5, 5.41) is 3.17. The number of nitrogens with zero attached hydrogens (tertiary/aromatic N) is 1. The number of benzene rings is 1. The largest absolute Gasteiger partial charge is 0.318 e. The fraction of sp³-hybridized carbons (Fsp3) is 0.429. The van der Waals surface area contributed by atoms with Crippen LogP contribution in [0.4, 0.5) is 9.52 Å². The van der Waals surface area contributed by atoms with Gasteiger partial charge in [0.15, 0.2) is 5.13 Å². The quantitative estimate of drug-likeness (QED) is 0.910. The van der Waals surface area contributed by atoms with Crippen molar-refractivity contribution in [2.75, 3.05) is 5.32 Å². The molecule has 0 radical (unpaired) electrons. The van der Waals surface area contributed by atoms with Gasteiger partial charge in [0.1, 0.15) is 5.82 Å². The molecule has 0 saturated heterocycles. The molecule has 1 atom stereocenters. The summed E-state index contributed by atoms with van der Waals surface area (Å²) in [4.78, 5) is 16.4. The number of fused-ring (bicyclic) bond motifs is 1. The van der Waals surface area contributed by atoms with Crippen molar-refractivity contribution in [2.45, 2.75) is 39.2 Å². The Morgan fingerprint density at radius 3 is 2.90 bits per heavy atom. The fourth-order valence-corrected chi connectivity index (χ4v) is 2.95. The SMILES string of the molecule is CCCC(C)(N)C(=O)Nc1nc2c(C)c(F)ccc2s1. The Morgan fingerprint density at radius 1 is 1.55 bits per heavy atom. The number of carbonyl (C=O) groups is 1. The lowest BCUT2D eigenvalue weighted by molar-refractivity contribution is -0.120. The predicted molar refractivity (Wildman–Crippen MR) is 80.4 cm³/mol. The zero-order valence-electron chi connectivity index (χ0n) is 11.8. The van der Waals surface area contributed by atoms with Crippen LogP contribution in [0.2, 0.25) is 0 Å². The molecule has 0 aliphatic carbocycles. The Morgan fingerprint density at radius 2 is 2.25 bits per heavy atom. The van der Waals surface area contributed by atoms with Gasteiger partial charge in [0, 0.05) is 5.56 Å². The highest BCUT2D eigenvalue weighted by atomic mass is 32.1. The van der Waals surface area contributed by atoms with E-state index in [9.17, 15) is 9.18 Å². The number of thiazole rings is 1. The van der Waals surface area contributed by atoms with Crippen molar-refractivity contribution >= 4 is 32.6 Å². The number of nitrogens with two attached hydrogens (primary N) is 1. The van der Waals surface area contributed by atoms with Gasteiger partial charge in [-0.05, 0) is 32.4 Å². The van der Waals surface area contributed by atoms with E-state index < -0.39 is 5.54 Å². The first kappa shape index (κ1) is 14.9. The minimum Gasteiger partial charge on any atom is -0.318 e. The fourth-order valence-electron chi connectivity index (χ4n) is 2.03. The molecule has 0 bridgehead atoms. The van der Waals surface area contributed by atoms with Crippen molar-refractivity contribution in [1.29, 1.82) is 0 Å². The Bertz CT molecular complexity index is 651. The molecule has 20 heavy (non-hydrogen) atoms. The maximum atomic E-state index is 13.5. The number of aryl methyl sites for hydroxylation is 1. The molecule has 0 aliphatic heterocycles. The highest BCUT2D eigenvalue weighted by Crippen LogP contribution is 2.29. The van der Waals surface area contributed by atoms with Crippen molar-refractivity contribution in [3.8, 4) is 0 Å². The first-order valence-corrected chi connectivity index (χ1v) is 7.33. The number of nitrogens with one attached hydrogen (secondary N) is 1. The third kappa shape index (κ3) is 2.81. The second-order valence-corrected chi connectivity index (χ2v) is 6.19. The number of anilines is 1. The average molecular weight is 295 g/mol. The van der Waals surface area contributed by atoms with Crippen molar-refractivity contribution in [3.63, 3.8) is 0 Å². The molecule has 2 rings (SSSR count). The summed E-state index contributed by atoms with van der Waals surface area (Å²) in [6, 6.07) is 3.07. The number of rotatable bonds is 4. The molecule has 0 spiro atoms. The van der Waals surface area contributed by atoms with E-state index in [4.69, 9.17) is 5.73 Å². The zero-order chi connectivity index (χ0) is 14.9. The van der Waals surface area contributed by atoms with Gasteiger partial charge in [0.2, 0.25) is 5.91 Å². The van der Waals surface area contributed by atoms with Crippen molar-refractivity contribution in [1.82, 2.24) is 4.98 Å². The summed E-state index contributed by atoms with van der Waals surface area (Å²) in [6.45, 7) is 5.35. The average Bonchev–Trinajstić information content (AvgIpc) is 2.77. The molecule has 1 heterocycles. The third-order valence-electron chi connectivity index (χ3n) is 3.26. The molecule has 6 heteroatoms. The highest BCUT2D eigenvalue weighted by Gasteiger charge is 2.28.